The molecule has 0 saturated carbocycles. The van der Waals surface area contributed by atoms with Crippen molar-refractivity contribution in [2.75, 3.05) is 13.6 Å². The van der Waals surface area contributed by atoms with Crippen molar-refractivity contribution in [3.8, 4) is 0 Å². The molecule has 1 unspecified atom stereocenters. The summed E-state index contributed by atoms with van der Waals surface area (Å²) in [5.74, 6) is 0.348. The maximum Gasteiger partial charge on any atom is 0.276 e. The van der Waals surface area contributed by atoms with Gasteiger partial charge in [-0.2, -0.15) is 8.42 Å². The third-order valence-electron chi connectivity index (χ3n) is 2.51. The van der Waals surface area contributed by atoms with E-state index in [9.17, 15) is 8.42 Å². The molecule has 90 valence electrons. The maximum absolute atomic E-state index is 11.1. The highest BCUT2D eigenvalue weighted by atomic mass is 32.2. The van der Waals surface area contributed by atoms with Gasteiger partial charge in [0.15, 0.2) is 0 Å². The zero-order valence-electron chi connectivity index (χ0n) is 9.60. The van der Waals surface area contributed by atoms with Gasteiger partial charge in [0.25, 0.3) is 10.2 Å². The average Bonchev–Trinajstić information content (AvgIpc) is 2.30. The van der Waals surface area contributed by atoms with Crippen LogP contribution in [0.2, 0.25) is 0 Å². The highest BCUT2D eigenvalue weighted by Crippen LogP contribution is 2.17. The van der Waals surface area contributed by atoms with Gasteiger partial charge < -0.3 is 0 Å². The highest BCUT2D eigenvalue weighted by molar-refractivity contribution is 7.87. The summed E-state index contributed by atoms with van der Waals surface area (Å²) in [6.45, 7) is 2.53. The standard InChI is InChI=1S/C11H18N2O2S/c1-10(11-6-4-3-5-7-11)8-9-13-16(14,15)12-2/h3-7,10,12-13H,8-9H2,1-2H3. The van der Waals surface area contributed by atoms with Gasteiger partial charge >= 0.3 is 0 Å². The summed E-state index contributed by atoms with van der Waals surface area (Å²) in [4.78, 5) is 0. The van der Waals surface area contributed by atoms with Crippen LogP contribution in [-0.2, 0) is 10.2 Å². The lowest BCUT2D eigenvalue weighted by Crippen LogP contribution is -2.34. The predicted molar refractivity (Wildman–Crippen MR) is 65.5 cm³/mol. The number of nitrogens with one attached hydrogen (secondary N) is 2. The first-order valence-corrected chi connectivity index (χ1v) is 6.76. The van der Waals surface area contributed by atoms with Gasteiger partial charge in [0, 0.05) is 13.6 Å². The van der Waals surface area contributed by atoms with E-state index >= 15 is 0 Å². The van der Waals surface area contributed by atoms with Gasteiger partial charge in [0.2, 0.25) is 0 Å². The second-order valence-electron chi connectivity index (χ2n) is 3.70. The molecule has 0 spiro atoms. The fraction of sp³-hybridized carbons (Fsp3) is 0.455. The van der Waals surface area contributed by atoms with Crippen LogP contribution in [0.25, 0.3) is 0 Å². The van der Waals surface area contributed by atoms with E-state index in [1.807, 2.05) is 18.2 Å². The van der Waals surface area contributed by atoms with E-state index in [-0.39, 0.29) is 0 Å². The van der Waals surface area contributed by atoms with Gasteiger partial charge in [-0.25, -0.2) is 9.44 Å². The molecule has 1 atom stereocenters. The van der Waals surface area contributed by atoms with Crippen molar-refractivity contribution in [2.24, 2.45) is 0 Å². The molecule has 4 nitrogen and oxygen atoms in total. The molecule has 16 heavy (non-hydrogen) atoms. The number of hydrogen-bond donors (Lipinski definition) is 2. The molecule has 1 rings (SSSR count). The van der Waals surface area contributed by atoms with Crippen LogP contribution in [0, 0.1) is 0 Å². The molecule has 0 saturated heterocycles. The van der Waals surface area contributed by atoms with Gasteiger partial charge in [-0.3, -0.25) is 0 Å². The Hall–Kier alpha value is -0.910. The van der Waals surface area contributed by atoms with E-state index in [4.69, 9.17) is 0 Å². The molecule has 0 fully saturated rings. The van der Waals surface area contributed by atoms with Crippen LogP contribution in [0.4, 0.5) is 0 Å². The molecule has 0 bridgehead atoms. The zero-order chi connectivity index (χ0) is 12.0. The quantitative estimate of drug-likeness (QED) is 0.788. The fourth-order valence-corrected chi connectivity index (χ4v) is 1.96. The average molecular weight is 242 g/mol. The first-order valence-electron chi connectivity index (χ1n) is 5.28. The smallest absolute Gasteiger partial charge is 0.205 e. The number of rotatable bonds is 6. The molecule has 0 aliphatic rings. The molecule has 0 aliphatic heterocycles. The lowest BCUT2D eigenvalue weighted by atomic mass is 9.98. The van der Waals surface area contributed by atoms with Crippen LogP contribution in [0.3, 0.4) is 0 Å². The zero-order valence-corrected chi connectivity index (χ0v) is 10.4. The second kappa shape index (κ2) is 5.98. The van der Waals surface area contributed by atoms with Crippen molar-refractivity contribution in [2.45, 2.75) is 19.3 Å². The minimum atomic E-state index is -3.30. The van der Waals surface area contributed by atoms with E-state index in [2.05, 4.69) is 28.5 Å². The molecule has 5 heteroatoms. The third-order valence-corrected chi connectivity index (χ3v) is 3.63. The maximum atomic E-state index is 11.1. The van der Waals surface area contributed by atoms with Crippen molar-refractivity contribution in [3.63, 3.8) is 0 Å². The minimum Gasteiger partial charge on any atom is -0.205 e. The summed E-state index contributed by atoms with van der Waals surface area (Å²) in [6.07, 6.45) is 0.783. The van der Waals surface area contributed by atoms with Crippen molar-refractivity contribution >= 4 is 10.2 Å². The van der Waals surface area contributed by atoms with Gasteiger partial charge in [-0.15, -0.1) is 0 Å². The van der Waals surface area contributed by atoms with E-state index in [0.717, 1.165) is 6.42 Å². The van der Waals surface area contributed by atoms with Crippen molar-refractivity contribution in [1.82, 2.24) is 9.44 Å². The molecule has 0 radical (unpaired) electrons. The van der Waals surface area contributed by atoms with Crippen molar-refractivity contribution < 1.29 is 8.42 Å². The second-order valence-corrected chi connectivity index (χ2v) is 5.41. The lowest BCUT2D eigenvalue weighted by molar-refractivity contribution is 0.565. The summed E-state index contributed by atoms with van der Waals surface area (Å²) in [7, 11) is -1.91. The Morgan fingerprint density at radius 3 is 2.44 bits per heavy atom. The predicted octanol–water partition coefficient (Wildman–Crippen LogP) is 1.23. The molecule has 0 heterocycles. The largest absolute Gasteiger partial charge is 0.276 e. The first kappa shape index (κ1) is 13.2. The van der Waals surface area contributed by atoms with Crippen LogP contribution in [-0.4, -0.2) is 22.0 Å². The van der Waals surface area contributed by atoms with E-state index < -0.39 is 10.2 Å². The van der Waals surface area contributed by atoms with Crippen LogP contribution >= 0.6 is 0 Å². The highest BCUT2D eigenvalue weighted by Gasteiger charge is 2.08. The molecule has 2 N–H and O–H groups in total. The Balaban J connectivity index is 2.40. The Labute approximate surface area is 97.3 Å². The van der Waals surface area contributed by atoms with E-state index in [1.54, 1.807) is 0 Å². The summed E-state index contributed by atoms with van der Waals surface area (Å²) < 4.78 is 26.9. The van der Waals surface area contributed by atoms with E-state index in [0.29, 0.717) is 12.5 Å². The van der Waals surface area contributed by atoms with E-state index in [1.165, 1.54) is 12.6 Å². The summed E-state index contributed by atoms with van der Waals surface area (Å²) >= 11 is 0. The molecule has 0 aromatic heterocycles. The molecule has 1 aromatic rings. The van der Waals surface area contributed by atoms with Gasteiger partial charge in [0.05, 0.1) is 0 Å². The molecule has 0 aliphatic carbocycles. The topological polar surface area (TPSA) is 58.2 Å². The Morgan fingerprint density at radius 2 is 1.88 bits per heavy atom. The van der Waals surface area contributed by atoms with Crippen molar-refractivity contribution in [3.05, 3.63) is 35.9 Å². The fourth-order valence-electron chi connectivity index (χ4n) is 1.43. The molecule has 0 amide bonds. The molecular formula is C11H18N2O2S. The minimum absolute atomic E-state index is 0.348. The monoisotopic (exact) mass is 242 g/mol. The van der Waals surface area contributed by atoms with Gasteiger partial charge in [-0.1, -0.05) is 37.3 Å². The third kappa shape index (κ3) is 4.30. The first-order chi connectivity index (χ1) is 7.55. The molecular weight excluding hydrogens is 224 g/mol. The number of hydrogen-bond acceptors (Lipinski definition) is 2. The Morgan fingerprint density at radius 1 is 1.25 bits per heavy atom. The van der Waals surface area contributed by atoms with Gasteiger partial charge in [-0.05, 0) is 17.9 Å². The van der Waals surface area contributed by atoms with Crippen LogP contribution in [0.1, 0.15) is 24.8 Å². The van der Waals surface area contributed by atoms with Gasteiger partial charge in [0.1, 0.15) is 0 Å². The van der Waals surface area contributed by atoms with Crippen molar-refractivity contribution in [1.29, 1.82) is 0 Å². The SMILES string of the molecule is CNS(=O)(=O)NCCC(C)c1ccccc1. The Bertz CT molecular complexity index is 403. The molecule has 1 aromatic carbocycles. The summed E-state index contributed by atoms with van der Waals surface area (Å²) in [5.41, 5.74) is 1.23. The summed E-state index contributed by atoms with van der Waals surface area (Å²) in [5, 5.41) is 0. The van der Waals surface area contributed by atoms with Crippen LogP contribution in [0.15, 0.2) is 30.3 Å². The Kier molecular flexibility index (Phi) is 4.92. The van der Waals surface area contributed by atoms with Crippen LogP contribution < -0.4 is 9.44 Å². The normalized spacial score (nSPS) is 13.6. The lowest BCUT2D eigenvalue weighted by Gasteiger charge is -2.12. The summed E-state index contributed by atoms with van der Waals surface area (Å²) in [6, 6.07) is 10.1. The van der Waals surface area contributed by atoms with Crippen LogP contribution in [0.5, 0.6) is 0 Å². The number of benzene rings is 1.